The van der Waals surface area contributed by atoms with Gasteiger partial charge in [0, 0.05) is 18.3 Å². The monoisotopic (exact) mass is 263 g/mol. The van der Waals surface area contributed by atoms with Crippen molar-refractivity contribution in [2.75, 3.05) is 6.54 Å². The van der Waals surface area contributed by atoms with E-state index in [0.717, 1.165) is 30.8 Å². The van der Waals surface area contributed by atoms with Crippen molar-refractivity contribution in [3.05, 3.63) is 47.8 Å². The van der Waals surface area contributed by atoms with Gasteiger partial charge in [-0.2, -0.15) is 0 Å². The molecule has 1 heterocycles. The van der Waals surface area contributed by atoms with Gasteiger partial charge in [0.1, 0.15) is 0 Å². The van der Waals surface area contributed by atoms with Crippen LogP contribution in [-0.2, 0) is 6.54 Å². The summed E-state index contributed by atoms with van der Waals surface area (Å²) in [7, 11) is 0. The number of nitrogens with one attached hydrogen (secondary N) is 1. The maximum atomic E-state index is 13.2. The lowest BCUT2D eigenvalue weighted by molar-refractivity contribution is 0.509. The molecule has 5 heteroatoms. The molecule has 100 valence electrons. The summed E-state index contributed by atoms with van der Waals surface area (Å²) in [5.74, 6) is -1.37. The zero-order valence-electron chi connectivity index (χ0n) is 10.7. The summed E-state index contributed by atoms with van der Waals surface area (Å²) in [5, 5.41) is 3.23. The number of aromatic nitrogens is 2. The SMILES string of the molecule is CCCNCc1ccnc(-c2ccc(F)c(F)c2)n1. The second-order valence-corrected chi connectivity index (χ2v) is 4.18. The highest BCUT2D eigenvalue weighted by molar-refractivity contribution is 5.54. The van der Waals surface area contributed by atoms with E-state index < -0.39 is 11.6 Å². The highest BCUT2D eigenvalue weighted by Gasteiger charge is 2.07. The number of rotatable bonds is 5. The van der Waals surface area contributed by atoms with Crippen LogP contribution in [0.5, 0.6) is 0 Å². The lowest BCUT2D eigenvalue weighted by Crippen LogP contribution is -2.15. The molecule has 0 spiro atoms. The molecule has 0 saturated carbocycles. The molecule has 2 rings (SSSR count). The second kappa shape index (κ2) is 6.33. The summed E-state index contributed by atoms with van der Waals surface area (Å²) >= 11 is 0. The zero-order valence-corrected chi connectivity index (χ0v) is 10.7. The van der Waals surface area contributed by atoms with Crippen molar-refractivity contribution >= 4 is 0 Å². The summed E-state index contributed by atoms with van der Waals surface area (Å²) in [6.45, 7) is 3.62. The van der Waals surface area contributed by atoms with Gasteiger partial charge in [-0.15, -0.1) is 0 Å². The largest absolute Gasteiger partial charge is 0.311 e. The first-order valence-corrected chi connectivity index (χ1v) is 6.18. The minimum atomic E-state index is -0.893. The first kappa shape index (κ1) is 13.5. The van der Waals surface area contributed by atoms with E-state index in [2.05, 4.69) is 22.2 Å². The van der Waals surface area contributed by atoms with Crippen molar-refractivity contribution in [2.24, 2.45) is 0 Å². The Morgan fingerprint density at radius 1 is 1.16 bits per heavy atom. The molecule has 2 aromatic rings. The molecule has 1 aromatic carbocycles. The second-order valence-electron chi connectivity index (χ2n) is 4.18. The Hall–Kier alpha value is -1.88. The van der Waals surface area contributed by atoms with E-state index in [-0.39, 0.29) is 0 Å². The van der Waals surface area contributed by atoms with Crippen molar-refractivity contribution in [1.29, 1.82) is 0 Å². The average molecular weight is 263 g/mol. The van der Waals surface area contributed by atoms with Gasteiger partial charge < -0.3 is 5.32 Å². The van der Waals surface area contributed by atoms with Crippen molar-refractivity contribution in [3.63, 3.8) is 0 Å². The molecule has 0 aliphatic rings. The van der Waals surface area contributed by atoms with Gasteiger partial charge in [-0.25, -0.2) is 18.7 Å². The Labute approximate surface area is 110 Å². The van der Waals surface area contributed by atoms with Gasteiger partial charge in [-0.05, 0) is 37.2 Å². The summed E-state index contributed by atoms with van der Waals surface area (Å²) in [4.78, 5) is 8.40. The molecule has 0 unspecified atom stereocenters. The smallest absolute Gasteiger partial charge is 0.159 e. The molecule has 1 N–H and O–H groups in total. The number of hydrogen-bond acceptors (Lipinski definition) is 3. The van der Waals surface area contributed by atoms with Crippen LogP contribution in [0, 0.1) is 11.6 Å². The first-order valence-electron chi connectivity index (χ1n) is 6.18. The van der Waals surface area contributed by atoms with E-state index in [0.29, 0.717) is 17.9 Å². The quantitative estimate of drug-likeness (QED) is 0.843. The van der Waals surface area contributed by atoms with E-state index in [1.54, 1.807) is 12.3 Å². The van der Waals surface area contributed by atoms with E-state index in [1.807, 2.05) is 0 Å². The zero-order chi connectivity index (χ0) is 13.7. The fourth-order valence-corrected chi connectivity index (χ4v) is 1.66. The third kappa shape index (κ3) is 3.54. The fourth-order valence-electron chi connectivity index (χ4n) is 1.66. The van der Waals surface area contributed by atoms with Gasteiger partial charge in [-0.1, -0.05) is 6.92 Å². The van der Waals surface area contributed by atoms with Crippen molar-refractivity contribution in [3.8, 4) is 11.4 Å². The number of benzene rings is 1. The molecule has 19 heavy (non-hydrogen) atoms. The fraction of sp³-hybridized carbons (Fsp3) is 0.286. The van der Waals surface area contributed by atoms with Crippen LogP contribution < -0.4 is 5.32 Å². The Balaban J connectivity index is 2.19. The van der Waals surface area contributed by atoms with E-state index in [1.165, 1.54) is 6.07 Å². The summed E-state index contributed by atoms with van der Waals surface area (Å²) < 4.78 is 26.0. The molecule has 1 aromatic heterocycles. The maximum Gasteiger partial charge on any atom is 0.159 e. The Morgan fingerprint density at radius 3 is 2.74 bits per heavy atom. The van der Waals surface area contributed by atoms with Gasteiger partial charge in [0.15, 0.2) is 17.5 Å². The van der Waals surface area contributed by atoms with Crippen LogP contribution in [0.2, 0.25) is 0 Å². The highest BCUT2D eigenvalue weighted by Crippen LogP contribution is 2.17. The Bertz CT molecular complexity index is 558. The normalized spacial score (nSPS) is 10.7. The minimum Gasteiger partial charge on any atom is -0.311 e. The predicted octanol–water partition coefficient (Wildman–Crippen LogP) is 2.92. The molecular weight excluding hydrogens is 248 g/mol. The lowest BCUT2D eigenvalue weighted by atomic mass is 10.2. The van der Waals surface area contributed by atoms with Crippen LogP contribution in [0.4, 0.5) is 8.78 Å². The molecule has 0 aliphatic carbocycles. The molecule has 0 amide bonds. The summed E-state index contributed by atoms with van der Waals surface area (Å²) in [6, 6.07) is 5.45. The standard InChI is InChI=1S/C14H15F2N3/c1-2-6-17-9-11-5-7-18-14(19-11)10-3-4-12(15)13(16)8-10/h3-5,7-8,17H,2,6,9H2,1H3. The topological polar surface area (TPSA) is 37.8 Å². The molecule has 0 atom stereocenters. The van der Waals surface area contributed by atoms with Crippen LogP contribution in [-0.4, -0.2) is 16.5 Å². The minimum absolute atomic E-state index is 0.398. The summed E-state index contributed by atoms with van der Waals surface area (Å²) in [6.07, 6.45) is 2.66. The number of nitrogens with zero attached hydrogens (tertiary/aromatic N) is 2. The molecule has 0 radical (unpaired) electrons. The molecule has 0 aliphatic heterocycles. The van der Waals surface area contributed by atoms with Crippen LogP contribution in [0.15, 0.2) is 30.5 Å². The van der Waals surface area contributed by atoms with Gasteiger partial charge in [0.25, 0.3) is 0 Å². The summed E-state index contributed by atoms with van der Waals surface area (Å²) in [5.41, 5.74) is 1.29. The van der Waals surface area contributed by atoms with Gasteiger partial charge in [0.2, 0.25) is 0 Å². The average Bonchev–Trinajstić information content (AvgIpc) is 2.43. The molecule has 0 saturated heterocycles. The third-order valence-corrected chi connectivity index (χ3v) is 2.62. The Kier molecular flexibility index (Phi) is 4.52. The van der Waals surface area contributed by atoms with Crippen molar-refractivity contribution < 1.29 is 8.78 Å². The van der Waals surface area contributed by atoms with Crippen LogP contribution in [0.25, 0.3) is 11.4 Å². The van der Waals surface area contributed by atoms with Crippen LogP contribution in [0.1, 0.15) is 19.0 Å². The third-order valence-electron chi connectivity index (χ3n) is 2.62. The molecule has 3 nitrogen and oxygen atoms in total. The van der Waals surface area contributed by atoms with Crippen LogP contribution >= 0.6 is 0 Å². The number of halogens is 2. The van der Waals surface area contributed by atoms with E-state index in [9.17, 15) is 8.78 Å². The van der Waals surface area contributed by atoms with Gasteiger partial charge in [-0.3, -0.25) is 0 Å². The Morgan fingerprint density at radius 2 is 2.00 bits per heavy atom. The molecule has 0 bridgehead atoms. The van der Waals surface area contributed by atoms with Gasteiger partial charge in [0.05, 0.1) is 5.69 Å². The van der Waals surface area contributed by atoms with Crippen LogP contribution in [0.3, 0.4) is 0 Å². The molecule has 0 fully saturated rings. The first-order chi connectivity index (χ1) is 9.20. The highest BCUT2D eigenvalue weighted by atomic mass is 19.2. The van der Waals surface area contributed by atoms with E-state index >= 15 is 0 Å². The van der Waals surface area contributed by atoms with E-state index in [4.69, 9.17) is 0 Å². The predicted molar refractivity (Wildman–Crippen MR) is 69.4 cm³/mol. The van der Waals surface area contributed by atoms with Crippen molar-refractivity contribution in [1.82, 2.24) is 15.3 Å². The molecular formula is C14H15F2N3. The number of hydrogen-bond donors (Lipinski definition) is 1. The van der Waals surface area contributed by atoms with Gasteiger partial charge >= 0.3 is 0 Å². The lowest BCUT2D eigenvalue weighted by Gasteiger charge is -2.05. The maximum absolute atomic E-state index is 13.2. The van der Waals surface area contributed by atoms with Crippen molar-refractivity contribution in [2.45, 2.75) is 19.9 Å².